The van der Waals surface area contributed by atoms with Crippen LogP contribution < -0.4 is 5.32 Å². The van der Waals surface area contributed by atoms with Crippen LogP contribution in [0.4, 0.5) is 4.39 Å². The fourth-order valence-corrected chi connectivity index (χ4v) is 2.89. The van der Waals surface area contributed by atoms with Gasteiger partial charge < -0.3 is 9.73 Å². The third-order valence-electron chi connectivity index (χ3n) is 4.03. The number of benzene rings is 1. The van der Waals surface area contributed by atoms with E-state index in [9.17, 15) is 9.18 Å². The molecule has 0 unspecified atom stereocenters. The topological polar surface area (TPSA) is 96.7 Å². The second-order valence-electron chi connectivity index (χ2n) is 6.54. The third-order valence-corrected chi connectivity index (χ3v) is 4.33. The molecule has 0 saturated carbocycles. The van der Waals surface area contributed by atoms with E-state index >= 15 is 0 Å². The van der Waals surface area contributed by atoms with Crippen molar-refractivity contribution >= 4 is 23.1 Å². The highest BCUT2D eigenvalue weighted by molar-refractivity contribution is 6.32. The Hall–Kier alpha value is -3.44. The Morgan fingerprint density at radius 1 is 1.52 bits per heavy atom. The first-order valence-corrected chi connectivity index (χ1v) is 9.01. The van der Waals surface area contributed by atoms with Crippen LogP contribution in [0.3, 0.4) is 0 Å². The summed E-state index contributed by atoms with van der Waals surface area (Å²) in [7, 11) is 0. The van der Waals surface area contributed by atoms with Gasteiger partial charge in [0.2, 0.25) is 5.89 Å². The van der Waals surface area contributed by atoms with Crippen molar-refractivity contribution < 1.29 is 13.6 Å². The zero-order chi connectivity index (χ0) is 21.1. The standard InChI is InChI=1S/C20H17ClFN5O2/c1-11(2)20-25-18(10-29-20)19(28)24-12(3)9-27-5-4-17(26-27)13-6-15(21)14(8-23)16(22)7-13/h4-7,10,12H,1,9H2,2-3H3,(H,24,28)/t12-/m0/s1. The maximum absolute atomic E-state index is 14.0. The van der Waals surface area contributed by atoms with Gasteiger partial charge in [0.15, 0.2) is 5.69 Å². The highest BCUT2D eigenvalue weighted by Crippen LogP contribution is 2.26. The molecule has 1 atom stereocenters. The molecule has 148 valence electrons. The lowest BCUT2D eigenvalue weighted by Gasteiger charge is -2.12. The van der Waals surface area contributed by atoms with Crippen LogP contribution in [0.5, 0.6) is 0 Å². The molecule has 1 N–H and O–H groups in total. The van der Waals surface area contributed by atoms with Crippen LogP contribution >= 0.6 is 11.6 Å². The van der Waals surface area contributed by atoms with Gasteiger partial charge in [-0.05, 0) is 32.0 Å². The highest BCUT2D eigenvalue weighted by Gasteiger charge is 2.16. The Labute approximate surface area is 171 Å². The Morgan fingerprint density at radius 3 is 2.90 bits per heavy atom. The lowest BCUT2D eigenvalue weighted by Crippen LogP contribution is -2.36. The van der Waals surface area contributed by atoms with Crippen molar-refractivity contribution in [2.24, 2.45) is 0 Å². The Balaban J connectivity index is 1.67. The number of aromatic nitrogens is 3. The molecule has 1 aromatic carbocycles. The van der Waals surface area contributed by atoms with Crippen molar-refractivity contribution in [2.75, 3.05) is 0 Å². The van der Waals surface area contributed by atoms with Gasteiger partial charge in [-0.25, -0.2) is 9.37 Å². The largest absolute Gasteiger partial charge is 0.444 e. The molecule has 0 aliphatic rings. The van der Waals surface area contributed by atoms with E-state index in [4.69, 9.17) is 21.3 Å². The number of amides is 1. The number of carbonyl (C=O) groups is 1. The first-order valence-electron chi connectivity index (χ1n) is 8.63. The van der Waals surface area contributed by atoms with Gasteiger partial charge in [0.1, 0.15) is 23.7 Å². The SMILES string of the molecule is C=C(C)c1nc(C(=O)N[C@@H](C)Cn2ccc(-c3cc(F)c(C#N)c(Cl)c3)n2)co1. The molecule has 0 aliphatic carbocycles. The summed E-state index contributed by atoms with van der Waals surface area (Å²) in [6, 6.07) is 5.86. The fourth-order valence-electron chi connectivity index (χ4n) is 2.64. The molecule has 29 heavy (non-hydrogen) atoms. The number of allylic oxidation sites excluding steroid dienone is 1. The fraction of sp³-hybridized carbons (Fsp3) is 0.200. The summed E-state index contributed by atoms with van der Waals surface area (Å²) < 4.78 is 20.8. The number of nitriles is 1. The predicted octanol–water partition coefficient (Wildman–Crippen LogP) is 4.05. The predicted molar refractivity (Wildman–Crippen MR) is 105 cm³/mol. The first kappa shape index (κ1) is 20.3. The monoisotopic (exact) mass is 413 g/mol. The van der Waals surface area contributed by atoms with Crippen molar-refractivity contribution in [3.05, 3.63) is 65.2 Å². The third kappa shape index (κ3) is 4.52. The van der Waals surface area contributed by atoms with Crippen LogP contribution in [-0.4, -0.2) is 26.7 Å². The molecular formula is C20H17ClFN5O2. The minimum absolute atomic E-state index is 0.0272. The van der Waals surface area contributed by atoms with Crippen LogP contribution in [0.2, 0.25) is 5.02 Å². The van der Waals surface area contributed by atoms with E-state index in [0.717, 1.165) is 0 Å². The van der Waals surface area contributed by atoms with Crippen molar-refractivity contribution in [1.29, 1.82) is 5.26 Å². The van der Waals surface area contributed by atoms with Crippen molar-refractivity contribution in [3.8, 4) is 17.3 Å². The molecule has 0 radical (unpaired) electrons. The molecule has 0 saturated heterocycles. The summed E-state index contributed by atoms with van der Waals surface area (Å²) in [6.45, 7) is 7.65. The minimum atomic E-state index is -0.702. The average Bonchev–Trinajstić information content (AvgIpc) is 3.31. The molecular weight excluding hydrogens is 397 g/mol. The van der Waals surface area contributed by atoms with E-state index in [1.54, 1.807) is 29.9 Å². The zero-order valence-corrected chi connectivity index (χ0v) is 16.5. The zero-order valence-electron chi connectivity index (χ0n) is 15.7. The van der Waals surface area contributed by atoms with Gasteiger partial charge in [0.05, 0.1) is 17.3 Å². The number of nitrogens with one attached hydrogen (secondary N) is 1. The molecule has 7 nitrogen and oxygen atoms in total. The van der Waals surface area contributed by atoms with Crippen LogP contribution in [0.15, 0.2) is 41.7 Å². The molecule has 2 aromatic heterocycles. The van der Waals surface area contributed by atoms with Gasteiger partial charge >= 0.3 is 0 Å². The van der Waals surface area contributed by atoms with Crippen molar-refractivity contribution in [1.82, 2.24) is 20.1 Å². The summed E-state index contributed by atoms with van der Waals surface area (Å²) in [4.78, 5) is 16.3. The molecule has 0 bridgehead atoms. The van der Waals surface area contributed by atoms with Gasteiger partial charge in [-0.3, -0.25) is 9.48 Å². The number of hydrogen-bond donors (Lipinski definition) is 1. The summed E-state index contributed by atoms with van der Waals surface area (Å²) in [5.41, 5.74) is 1.54. The number of rotatable bonds is 6. The number of oxazole rings is 1. The molecule has 3 rings (SSSR count). The number of carbonyl (C=O) groups excluding carboxylic acids is 1. The summed E-state index contributed by atoms with van der Waals surface area (Å²) >= 11 is 5.95. The van der Waals surface area contributed by atoms with Crippen molar-refractivity contribution in [2.45, 2.75) is 26.4 Å². The van der Waals surface area contributed by atoms with Crippen LogP contribution in [0.1, 0.15) is 35.8 Å². The van der Waals surface area contributed by atoms with E-state index in [0.29, 0.717) is 29.3 Å². The Bertz CT molecular complexity index is 1110. The second kappa shape index (κ2) is 8.29. The molecule has 2 heterocycles. The van der Waals surface area contributed by atoms with Crippen LogP contribution in [0, 0.1) is 17.1 Å². The second-order valence-corrected chi connectivity index (χ2v) is 6.95. The quantitative estimate of drug-likeness (QED) is 0.657. The van der Waals surface area contributed by atoms with Crippen LogP contribution in [0.25, 0.3) is 16.8 Å². The molecule has 0 spiro atoms. The maximum atomic E-state index is 14.0. The average molecular weight is 414 g/mol. The highest BCUT2D eigenvalue weighted by atomic mass is 35.5. The van der Waals surface area contributed by atoms with Gasteiger partial charge in [-0.2, -0.15) is 10.4 Å². The van der Waals surface area contributed by atoms with Gasteiger partial charge in [0.25, 0.3) is 5.91 Å². The summed E-state index contributed by atoms with van der Waals surface area (Å²) in [5, 5.41) is 16.1. The summed E-state index contributed by atoms with van der Waals surface area (Å²) in [5.74, 6) is -0.762. The lowest BCUT2D eigenvalue weighted by molar-refractivity contribution is 0.0931. The number of halogens is 2. The van der Waals surface area contributed by atoms with E-state index in [1.165, 1.54) is 18.4 Å². The number of hydrogen-bond acceptors (Lipinski definition) is 5. The van der Waals surface area contributed by atoms with E-state index in [-0.39, 0.29) is 28.2 Å². The van der Waals surface area contributed by atoms with E-state index in [2.05, 4.69) is 22.0 Å². The van der Waals surface area contributed by atoms with Crippen molar-refractivity contribution in [3.63, 3.8) is 0 Å². The number of nitrogens with zero attached hydrogens (tertiary/aromatic N) is 4. The lowest BCUT2D eigenvalue weighted by atomic mass is 10.1. The van der Waals surface area contributed by atoms with Gasteiger partial charge in [0, 0.05) is 23.4 Å². The molecule has 3 aromatic rings. The molecule has 1 amide bonds. The normalized spacial score (nSPS) is 11.7. The minimum Gasteiger partial charge on any atom is -0.444 e. The molecule has 9 heteroatoms. The Kier molecular flexibility index (Phi) is 5.80. The molecule has 0 fully saturated rings. The van der Waals surface area contributed by atoms with E-state index in [1.807, 2.05) is 6.92 Å². The first-order chi connectivity index (χ1) is 13.8. The smallest absolute Gasteiger partial charge is 0.273 e. The Morgan fingerprint density at radius 2 is 2.28 bits per heavy atom. The summed E-state index contributed by atoms with van der Waals surface area (Å²) in [6.07, 6.45) is 2.98. The molecule has 0 aliphatic heterocycles. The van der Waals surface area contributed by atoms with Gasteiger partial charge in [-0.1, -0.05) is 18.2 Å². The maximum Gasteiger partial charge on any atom is 0.273 e. The van der Waals surface area contributed by atoms with Gasteiger partial charge in [-0.15, -0.1) is 0 Å². The van der Waals surface area contributed by atoms with Crippen LogP contribution in [-0.2, 0) is 6.54 Å². The van der Waals surface area contributed by atoms with E-state index < -0.39 is 5.82 Å².